The fourth-order valence-corrected chi connectivity index (χ4v) is 2.50. The Bertz CT molecular complexity index is 285. The van der Waals surface area contributed by atoms with Gasteiger partial charge in [-0.1, -0.05) is 31.4 Å². The van der Waals surface area contributed by atoms with Gasteiger partial charge in [0.1, 0.15) is 0 Å². The molecule has 2 rings (SSSR count). The molecule has 1 nitrogen and oxygen atoms in total. The van der Waals surface area contributed by atoms with Gasteiger partial charge in [-0.25, -0.2) is 0 Å². The molecule has 0 aromatic carbocycles. The molecule has 0 aromatic rings. The van der Waals surface area contributed by atoms with E-state index in [0.717, 1.165) is 6.42 Å². The summed E-state index contributed by atoms with van der Waals surface area (Å²) in [5.41, 5.74) is 4.47. The number of hydrogen-bond donors (Lipinski definition) is 2. The van der Waals surface area contributed by atoms with E-state index >= 15 is 0 Å². The van der Waals surface area contributed by atoms with Crippen LogP contribution in [0, 0.1) is 0 Å². The van der Waals surface area contributed by atoms with Gasteiger partial charge in [0.25, 0.3) is 0 Å². The molecule has 1 aliphatic carbocycles. The van der Waals surface area contributed by atoms with E-state index in [9.17, 15) is 0 Å². The average Bonchev–Trinajstić information content (AvgIpc) is 2.45. The third kappa shape index (κ3) is 2.60. The van der Waals surface area contributed by atoms with Crippen LogP contribution in [0.1, 0.15) is 51.9 Å². The van der Waals surface area contributed by atoms with Gasteiger partial charge in [0.15, 0.2) is 0 Å². The van der Waals surface area contributed by atoms with Gasteiger partial charge in [0.05, 0.1) is 0 Å². The maximum absolute atomic E-state index is 4.64. The smallest absolute Gasteiger partial charge is 0.0469 e. The van der Waals surface area contributed by atoms with E-state index in [-0.39, 0.29) is 0 Å². The first kappa shape index (κ1) is 11.1. The number of nitrogens with one attached hydrogen (secondary N) is 1. The van der Waals surface area contributed by atoms with E-state index in [1.165, 1.54) is 49.9 Å². The molecule has 0 spiro atoms. The highest BCUT2D eigenvalue weighted by Gasteiger charge is 2.25. The topological polar surface area (TPSA) is 12.0 Å². The molecule has 1 saturated carbocycles. The molecule has 0 bridgehead atoms. The highest BCUT2D eigenvalue weighted by Crippen LogP contribution is 2.35. The average molecular weight is 223 g/mol. The Balaban J connectivity index is 1.95. The molecule has 2 heteroatoms. The maximum Gasteiger partial charge on any atom is 0.0469 e. The fourth-order valence-electron chi connectivity index (χ4n) is 2.15. The van der Waals surface area contributed by atoms with Gasteiger partial charge >= 0.3 is 0 Å². The first-order valence-corrected chi connectivity index (χ1v) is 6.69. The largest absolute Gasteiger partial charge is 0.362 e. The van der Waals surface area contributed by atoms with Crippen molar-refractivity contribution >= 4 is 12.6 Å². The maximum atomic E-state index is 4.64. The van der Waals surface area contributed by atoms with Crippen molar-refractivity contribution in [3.05, 3.63) is 23.0 Å². The van der Waals surface area contributed by atoms with E-state index in [4.69, 9.17) is 0 Å². The molecule has 0 radical (unpaired) electrons. The molecular formula is C13H21NS. The summed E-state index contributed by atoms with van der Waals surface area (Å²) in [7, 11) is 0. The van der Waals surface area contributed by atoms with Crippen LogP contribution in [-0.4, -0.2) is 5.25 Å². The fraction of sp³-hybridized carbons (Fsp3) is 0.692. The lowest BCUT2D eigenvalue weighted by Gasteiger charge is -2.19. The summed E-state index contributed by atoms with van der Waals surface area (Å²) in [5, 5.41) is 3.99. The minimum atomic E-state index is 0.421. The monoisotopic (exact) mass is 223 g/mol. The lowest BCUT2D eigenvalue weighted by Crippen LogP contribution is -2.11. The third-order valence-corrected chi connectivity index (χ3v) is 3.82. The van der Waals surface area contributed by atoms with Crippen molar-refractivity contribution < 1.29 is 0 Å². The van der Waals surface area contributed by atoms with Gasteiger partial charge < -0.3 is 5.32 Å². The Labute approximate surface area is 98.4 Å². The molecule has 1 N–H and O–H groups in total. The van der Waals surface area contributed by atoms with Crippen LogP contribution in [0.4, 0.5) is 0 Å². The summed E-state index contributed by atoms with van der Waals surface area (Å²) < 4.78 is 0. The van der Waals surface area contributed by atoms with E-state index in [0.29, 0.717) is 5.25 Å². The standard InChI is InChI=1S/C13H21NS/c1-2-3-4-8-11-13(15)9-12(14-11)10-6-5-7-10/h8,13-15H,2-7,9H2,1H3/b11-8+. The second-order valence-electron chi connectivity index (χ2n) is 4.58. The zero-order chi connectivity index (χ0) is 10.7. The van der Waals surface area contributed by atoms with E-state index in [1.807, 2.05) is 0 Å². The Morgan fingerprint density at radius 2 is 2.27 bits per heavy atom. The minimum Gasteiger partial charge on any atom is -0.362 e. The summed E-state index contributed by atoms with van der Waals surface area (Å²) in [6.45, 7) is 2.24. The van der Waals surface area contributed by atoms with Crippen LogP contribution in [0.5, 0.6) is 0 Å². The normalized spacial score (nSPS) is 28.1. The van der Waals surface area contributed by atoms with Crippen molar-refractivity contribution in [1.29, 1.82) is 0 Å². The van der Waals surface area contributed by atoms with Crippen molar-refractivity contribution in [2.45, 2.75) is 57.1 Å². The lowest BCUT2D eigenvalue weighted by molar-refractivity contribution is 0.639. The van der Waals surface area contributed by atoms with Gasteiger partial charge in [-0.15, -0.1) is 0 Å². The molecular weight excluding hydrogens is 202 g/mol. The van der Waals surface area contributed by atoms with Crippen LogP contribution >= 0.6 is 12.6 Å². The van der Waals surface area contributed by atoms with Gasteiger partial charge in [0, 0.05) is 23.1 Å². The first-order valence-electron chi connectivity index (χ1n) is 6.17. The van der Waals surface area contributed by atoms with Crippen LogP contribution in [0.15, 0.2) is 23.0 Å². The summed E-state index contributed by atoms with van der Waals surface area (Å²) >= 11 is 4.64. The van der Waals surface area contributed by atoms with Crippen molar-refractivity contribution in [3.8, 4) is 0 Å². The molecule has 0 aromatic heterocycles. The van der Waals surface area contributed by atoms with Gasteiger partial charge in [-0.2, -0.15) is 12.6 Å². The molecule has 2 fully saturated rings. The van der Waals surface area contributed by atoms with Gasteiger partial charge in [0.2, 0.25) is 0 Å². The third-order valence-electron chi connectivity index (χ3n) is 3.36. The number of rotatable bonds is 3. The zero-order valence-electron chi connectivity index (χ0n) is 9.55. The quantitative estimate of drug-likeness (QED) is 0.548. The summed E-state index contributed by atoms with van der Waals surface area (Å²) in [4.78, 5) is 0. The van der Waals surface area contributed by atoms with Crippen molar-refractivity contribution in [2.24, 2.45) is 0 Å². The second kappa shape index (κ2) is 5.11. The Hall–Kier alpha value is -0.370. The first-order chi connectivity index (χ1) is 7.31. The predicted molar refractivity (Wildman–Crippen MR) is 69.0 cm³/mol. The van der Waals surface area contributed by atoms with Crippen LogP contribution in [0.25, 0.3) is 0 Å². The highest BCUT2D eigenvalue weighted by atomic mass is 32.1. The molecule has 1 saturated heterocycles. The SMILES string of the molecule is CCCC/C=C1/NC(=C2CCC2)CC1S. The van der Waals surface area contributed by atoms with Gasteiger partial charge in [-0.3, -0.25) is 0 Å². The number of hydrogen-bond acceptors (Lipinski definition) is 2. The van der Waals surface area contributed by atoms with Gasteiger partial charge in [-0.05, 0) is 25.7 Å². The Morgan fingerprint density at radius 3 is 2.87 bits per heavy atom. The van der Waals surface area contributed by atoms with Crippen LogP contribution in [-0.2, 0) is 0 Å². The van der Waals surface area contributed by atoms with Crippen molar-refractivity contribution in [2.75, 3.05) is 0 Å². The molecule has 1 atom stereocenters. The zero-order valence-corrected chi connectivity index (χ0v) is 10.4. The van der Waals surface area contributed by atoms with Crippen LogP contribution in [0.2, 0.25) is 0 Å². The molecule has 1 unspecified atom stereocenters. The van der Waals surface area contributed by atoms with Crippen molar-refractivity contribution in [1.82, 2.24) is 5.32 Å². The molecule has 1 heterocycles. The number of thiol groups is 1. The van der Waals surface area contributed by atoms with E-state index < -0.39 is 0 Å². The lowest BCUT2D eigenvalue weighted by atomic mass is 9.90. The molecule has 84 valence electrons. The second-order valence-corrected chi connectivity index (χ2v) is 5.21. The highest BCUT2D eigenvalue weighted by molar-refractivity contribution is 7.81. The number of unbranched alkanes of at least 4 members (excludes halogenated alkanes) is 2. The number of allylic oxidation sites excluding steroid dienone is 3. The van der Waals surface area contributed by atoms with Crippen molar-refractivity contribution in [3.63, 3.8) is 0 Å². The summed E-state index contributed by atoms with van der Waals surface area (Å²) in [6, 6.07) is 0. The van der Waals surface area contributed by atoms with E-state index in [2.05, 4.69) is 30.9 Å². The molecule has 2 aliphatic rings. The Kier molecular flexibility index (Phi) is 3.79. The molecule has 15 heavy (non-hydrogen) atoms. The molecule has 1 aliphatic heterocycles. The Morgan fingerprint density at radius 1 is 1.47 bits per heavy atom. The minimum absolute atomic E-state index is 0.421. The van der Waals surface area contributed by atoms with E-state index in [1.54, 1.807) is 5.57 Å². The van der Waals surface area contributed by atoms with Crippen LogP contribution < -0.4 is 5.32 Å². The predicted octanol–water partition coefficient (Wildman–Crippen LogP) is 3.79. The summed E-state index contributed by atoms with van der Waals surface area (Å²) in [5.74, 6) is 0. The summed E-state index contributed by atoms with van der Waals surface area (Å²) in [6.07, 6.45) is 11.2. The molecule has 0 amide bonds. The van der Waals surface area contributed by atoms with Crippen LogP contribution in [0.3, 0.4) is 0 Å².